The minimum Gasteiger partial charge on any atom is -0.480 e. The molecule has 0 aliphatic carbocycles. The summed E-state index contributed by atoms with van der Waals surface area (Å²) in [6.45, 7) is 1.81. The molecular weight excluding hydrogens is 154 g/mol. The van der Waals surface area contributed by atoms with E-state index in [0.717, 1.165) is 0 Å². The molecule has 3 N–H and O–H groups in total. The third-order valence-electron chi connectivity index (χ3n) is 1.12. The van der Waals surface area contributed by atoms with Crippen molar-refractivity contribution in [1.29, 1.82) is 0 Å². The minimum absolute atomic E-state index is 0.278. The number of carboxylic acids is 1. The zero-order valence-corrected chi connectivity index (χ0v) is 7.03. The van der Waals surface area contributed by atoms with Crippen molar-refractivity contribution < 1.29 is 9.90 Å². The number of rotatable bonds is 1. The van der Waals surface area contributed by atoms with Crippen LogP contribution in [-0.2, 0) is 4.79 Å². The van der Waals surface area contributed by atoms with E-state index < -0.39 is 5.97 Å². The Bertz CT molecular complexity index is 221. The van der Waals surface area contributed by atoms with Gasteiger partial charge in [0, 0.05) is 0 Å². The minimum atomic E-state index is -0.968. The summed E-state index contributed by atoms with van der Waals surface area (Å²) in [6.07, 6.45) is 0. The fraction of sp³-hybridized carbons (Fsp3) is 0.222. The molecular formula is C9H13NO2. The molecule has 1 aromatic carbocycles. The highest BCUT2D eigenvalue weighted by Gasteiger charge is 1.81. The van der Waals surface area contributed by atoms with Crippen LogP contribution in [0, 0.1) is 6.92 Å². The first kappa shape index (κ1) is 10.7. The van der Waals surface area contributed by atoms with Gasteiger partial charge in [0.05, 0.1) is 6.54 Å². The molecule has 0 unspecified atom stereocenters. The van der Waals surface area contributed by atoms with Crippen molar-refractivity contribution in [2.24, 2.45) is 5.73 Å². The van der Waals surface area contributed by atoms with E-state index in [9.17, 15) is 4.79 Å². The average molecular weight is 167 g/mol. The molecule has 3 nitrogen and oxygen atoms in total. The van der Waals surface area contributed by atoms with Crippen molar-refractivity contribution in [1.82, 2.24) is 0 Å². The van der Waals surface area contributed by atoms with Gasteiger partial charge in [-0.25, -0.2) is 0 Å². The van der Waals surface area contributed by atoms with Crippen LogP contribution in [0.5, 0.6) is 0 Å². The summed E-state index contributed by atoms with van der Waals surface area (Å²) >= 11 is 0. The topological polar surface area (TPSA) is 63.3 Å². The van der Waals surface area contributed by atoms with E-state index in [1.807, 2.05) is 18.2 Å². The van der Waals surface area contributed by atoms with Crippen LogP contribution in [0.15, 0.2) is 30.3 Å². The number of hydrogen-bond acceptors (Lipinski definition) is 2. The third kappa shape index (κ3) is 6.77. The predicted octanol–water partition coefficient (Wildman–Crippen LogP) is 1.02. The van der Waals surface area contributed by atoms with E-state index >= 15 is 0 Å². The summed E-state index contributed by atoms with van der Waals surface area (Å²) in [5.74, 6) is -0.968. The summed E-state index contributed by atoms with van der Waals surface area (Å²) in [7, 11) is 0. The van der Waals surface area contributed by atoms with E-state index in [1.54, 1.807) is 0 Å². The summed E-state index contributed by atoms with van der Waals surface area (Å²) in [4.78, 5) is 9.24. The first-order chi connectivity index (χ1) is 5.66. The molecule has 0 aliphatic heterocycles. The molecule has 12 heavy (non-hydrogen) atoms. The second-order valence-electron chi connectivity index (χ2n) is 2.25. The molecule has 0 aromatic heterocycles. The van der Waals surface area contributed by atoms with Crippen molar-refractivity contribution in [3.63, 3.8) is 0 Å². The van der Waals surface area contributed by atoms with Gasteiger partial charge in [-0.15, -0.1) is 0 Å². The van der Waals surface area contributed by atoms with Gasteiger partial charge in [0.2, 0.25) is 0 Å². The normalized spacial score (nSPS) is 8.17. The SMILES string of the molecule is Cc1ccccc1.NCC(=O)O. The number of benzene rings is 1. The van der Waals surface area contributed by atoms with E-state index in [1.165, 1.54) is 5.56 Å². The first-order valence-corrected chi connectivity index (χ1v) is 3.60. The molecule has 1 rings (SSSR count). The number of carbonyl (C=O) groups is 1. The van der Waals surface area contributed by atoms with Crippen LogP contribution < -0.4 is 5.73 Å². The van der Waals surface area contributed by atoms with Gasteiger partial charge < -0.3 is 10.8 Å². The molecule has 0 atom stereocenters. The fourth-order valence-electron chi connectivity index (χ4n) is 0.534. The maximum Gasteiger partial charge on any atom is 0.317 e. The molecule has 0 radical (unpaired) electrons. The number of aliphatic carboxylic acids is 1. The monoisotopic (exact) mass is 167 g/mol. The lowest BCUT2D eigenvalue weighted by molar-refractivity contribution is -0.135. The molecule has 1 aromatic rings. The highest BCUT2D eigenvalue weighted by atomic mass is 16.4. The average Bonchev–Trinajstić information content (AvgIpc) is 2.07. The lowest BCUT2D eigenvalue weighted by Crippen LogP contribution is -2.10. The smallest absolute Gasteiger partial charge is 0.317 e. The van der Waals surface area contributed by atoms with Gasteiger partial charge in [-0.3, -0.25) is 4.79 Å². The number of carboxylic acid groups (broad SMARTS) is 1. The maximum atomic E-state index is 9.24. The van der Waals surface area contributed by atoms with Crippen molar-refractivity contribution in [2.75, 3.05) is 6.54 Å². The lowest BCUT2D eigenvalue weighted by Gasteiger charge is -1.82. The Morgan fingerprint density at radius 2 is 1.83 bits per heavy atom. The van der Waals surface area contributed by atoms with Gasteiger partial charge in [0.25, 0.3) is 0 Å². The van der Waals surface area contributed by atoms with Crippen molar-refractivity contribution in [3.8, 4) is 0 Å². The largest absolute Gasteiger partial charge is 0.480 e. The second-order valence-corrected chi connectivity index (χ2v) is 2.25. The second kappa shape index (κ2) is 6.37. The van der Waals surface area contributed by atoms with Crippen molar-refractivity contribution >= 4 is 5.97 Å². The highest BCUT2D eigenvalue weighted by molar-refractivity contribution is 5.68. The fourth-order valence-corrected chi connectivity index (χ4v) is 0.534. The van der Waals surface area contributed by atoms with Gasteiger partial charge in [0.15, 0.2) is 0 Å². The highest BCUT2D eigenvalue weighted by Crippen LogP contribution is 1.92. The van der Waals surface area contributed by atoms with Crippen LogP contribution in [0.25, 0.3) is 0 Å². The number of hydrogen-bond donors (Lipinski definition) is 2. The van der Waals surface area contributed by atoms with E-state index in [0.29, 0.717) is 0 Å². The Labute approximate surface area is 71.8 Å². The molecule has 0 bridgehead atoms. The summed E-state index contributed by atoms with van der Waals surface area (Å²) in [5, 5.41) is 7.60. The van der Waals surface area contributed by atoms with Crippen LogP contribution in [0.4, 0.5) is 0 Å². The molecule has 0 fully saturated rings. The van der Waals surface area contributed by atoms with E-state index in [-0.39, 0.29) is 6.54 Å². The van der Waals surface area contributed by atoms with Gasteiger partial charge in [-0.05, 0) is 6.92 Å². The van der Waals surface area contributed by atoms with Gasteiger partial charge in [-0.1, -0.05) is 35.9 Å². The maximum absolute atomic E-state index is 9.24. The Morgan fingerprint density at radius 3 is 2.00 bits per heavy atom. The van der Waals surface area contributed by atoms with Crippen molar-refractivity contribution in [2.45, 2.75) is 6.92 Å². The number of nitrogens with two attached hydrogens (primary N) is 1. The molecule has 0 saturated heterocycles. The number of aryl methyl sites for hydroxylation is 1. The lowest BCUT2D eigenvalue weighted by atomic mass is 10.2. The standard InChI is InChI=1S/C7H8.C2H5NO2/c1-7-5-3-2-4-6-7;3-1-2(4)5/h2-6H,1H3;1,3H2,(H,4,5). The Morgan fingerprint density at radius 1 is 1.42 bits per heavy atom. The van der Waals surface area contributed by atoms with E-state index in [2.05, 4.69) is 24.8 Å². The van der Waals surface area contributed by atoms with Crippen LogP contribution in [0.3, 0.4) is 0 Å². The Kier molecular flexibility index (Phi) is 5.65. The summed E-state index contributed by atoms with van der Waals surface area (Å²) < 4.78 is 0. The van der Waals surface area contributed by atoms with Crippen LogP contribution in [-0.4, -0.2) is 17.6 Å². The zero-order chi connectivity index (χ0) is 9.40. The molecule has 0 aliphatic rings. The molecule has 66 valence electrons. The Hall–Kier alpha value is -1.35. The van der Waals surface area contributed by atoms with Gasteiger partial charge in [-0.2, -0.15) is 0 Å². The molecule has 3 heteroatoms. The molecule has 0 saturated carbocycles. The summed E-state index contributed by atoms with van der Waals surface area (Å²) in [5.41, 5.74) is 5.89. The predicted molar refractivity (Wildman–Crippen MR) is 47.9 cm³/mol. The van der Waals surface area contributed by atoms with Crippen LogP contribution in [0.2, 0.25) is 0 Å². The molecule has 0 spiro atoms. The van der Waals surface area contributed by atoms with Crippen LogP contribution in [0.1, 0.15) is 5.56 Å². The Balaban J connectivity index is 0.000000217. The zero-order valence-electron chi connectivity index (χ0n) is 7.03. The van der Waals surface area contributed by atoms with E-state index in [4.69, 9.17) is 5.11 Å². The van der Waals surface area contributed by atoms with Crippen LogP contribution >= 0.6 is 0 Å². The van der Waals surface area contributed by atoms with Crippen molar-refractivity contribution in [3.05, 3.63) is 35.9 Å². The third-order valence-corrected chi connectivity index (χ3v) is 1.12. The van der Waals surface area contributed by atoms with Gasteiger partial charge >= 0.3 is 5.97 Å². The quantitative estimate of drug-likeness (QED) is 0.656. The summed E-state index contributed by atoms with van der Waals surface area (Å²) in [6, 6.07) is 10.3. The van der Waals surface area contributed by atoms with Gasteiger partial charge in [0.1, 0.15) is 0 Å². The molecule has 0 amide bonds. The first-order valence-electron chi connectivity index (χ1n) is 3.60. The molecule has 0 heterocycles.